The maximum atomic E-state index is 5.40. The highest BCUT2D eigenvalue weighted by Crippen LogP contribution is 2.23. The normalized spacial score (nSPS) is 11.4. The fraction of sp³-hybridized carbons (Fsp3) is 0.278. The first kappa shape index (κ1) is 14.7. The monoisotopic (exact) mass is 321 g/mol. The molecule has 3 heterocycles. The van der Waals surface area contributed by atoms with Crippen LogP contribution in [0.1, 0.15) is 28.8 Å². The molecule has 0 radical (unpaired) electrons. The summed E-state index contributed by atoms with van der Waals surface area (Å²) in [6.07, 6.45) is 5.90. The van der Waals surface area contributed by atoms with Crippen LogP contribution in [0.2, 0.25) is 0 Å². The molecule has 6 heteroatoms. The van der Waals surface area contributed by atoms with Gasteiger partial charge in [-0.05, 0) is 18.6 Å². The lowest BCUT2D eigenvalue weighted by Crippen LogP contribution is -2.00. The molecular weight excluding hydrogens is 302 g/mol. The van der Waals surface area contributed by atoms with Crippen molar-refractivity contribution in [2.24, 2.45) is 7.05 Å². The average molecular weight is 321 g/mol. The summed E-state index contributed by atoms with van der Waals surface area (Å²) in [4.78, 5) is 12.3. The topological polar surface area (TPSA) is 72.5 Å². The van der Waals surface area contributed by atoms with Gasteiger partial charge in [0.05, 0.1) is 0 Å². The number of hydrogen-bond donors (Lipinski definition) is 1. The van der Waals surface area contributed by atoms with E-state index in [1.54, 1.807) is 6.20 Å². The number of fused-ring (bicyclic) bond motifs is 1. The number of imidazole rings is 1. The maximum absolute atomic E-state index is 5.40. The van der Waals surface area contributed by atoms with Crippen LogP contribution in [0.5, 0.6) is 0 Å². The Hall–Kier alpha value is -2.89. The highest BCUT2D eigenvalue weighted by molar-refractivity contribution is 5.84. The molecule has 0 atom stereocenters. The van der Waals surface area contributed by atoms with E-state index in [0.717, 1.165) is 29.3 Å². The molecule has 3 aromatic heterocycles. The Balaban J connectivity index is 1.50. The minimum Gasteiger partial charge on any atom is -0.358 e. The Bertz CT molecular complexity index is 978. The van der Waals surface area contributed by atoms with Crippen molar-refractivity contribution < 1.29 is 4.52 Å². The van der Waals surface area contributed by atoms with Crippen molar-refractivity contribution in [2.75, 3.05) is 0 Å². The molecule has 0 spiro atoms. The first-order valence-electron chi connectivity index (χ1n) is 8.04. The molecule has 24 heavy (non-hydrogen) atoms. The number of aromatic nitrogens is 5. The molecule has 0 fully saturated rings. The van der Waals surface area contributed by atoms with Crippen LogP contribution in [0.15, 0.2) is 41.2 Å². The quantitative estimate of drug-likeness (QED) is 0.613. The minimum absolute atomic E-state index is 0.658. The molecule has 0 aliphatic heterocycles. The molecule has 1 N–H and O–H groups in total. The highest BCUT2D eigenvalue weighted by atomic mass is 16.5. The first-order chi connectivity index (χ1) is 11.7. The van der Waals surface area contributed by atoms with E-state index >= 15 is 0 Å². The number of aromatic amines is 1. The lowest BCUT2D eigenvalue weighted by molar-refractivity contribution is 0.372. The van der Waals surface area contributed by atoms with Gasteiger partial charge >= 0.3 is 0 Å². The van der Waals surface area contributed by atoms with E-state index in [2.05, 4.69) is 39.2 Å². The van der Waals surface area contributed by atoms with Gasteiger partial charge in [0.25, 0.3) is 0 Å². The van der Waals surface area contributed by atoms with Crippen LogP contribution in [0.4, 0.5) is 0 Å². The third-order valence-corrected chi connectivity index (χ3v) is 4.36. The second-order valence-electron chi connectivity index (χ2n) is 6.01. The number of para-hydroxylation sites is 1. The van der Waals surface area contributed by atoms with E-state index in [0.29, 0.717) is 18.7 Å². The van der Waals surface area contributed by atoms with Crippen molar-refractivity contribution in [3.63, 3.8) is 0 Å². The molecule has 4 rings (SSSR count). The predicted molar refractivity (Wildman–Crippen MR) is 90.8 cm³/mol. The predicted octanol–water partition coefficient (Wildman–Crippen LogP) is 2.97. The van der Waals surface area contributed by atoms with Crippen molar-refractivity contribution in [1.82, 2.24) is 24.7 Å². The van der Waals surface area contributed by atoms with E-state index in [9.17, 15) is 0 Å². The fourth-order valence-corrected chi connectivity index (χ4v) is 3.04. The highest BCUT2D eigenvalue weighted by Gasteiger charge is 2.13. The largest absolute Gasteiger partial charge is 0.358 e. The van der Waals surface area contributed by atoms with Gasteiger partial charge in [-0.25, -0.2) is 4.98 Å². The molecule has 1 aromatic carbocycles. The van der Waals surface area contributed by atoms with Crippen LogP contribution in [-0.2, 0) is 26.3 Å². The zero-order chi connectivity index (χ0) is 16.5. The number of rotatable bonds is 5. The summed E-state index contributed by atoms with van der Waals surface area (Å²) in [5.41, 5.74) is 3.51. The Labute approximate surface area is 139 Å². The van der Waals surface area contributed by atoms with Gasteiger partial charge in [-0.1, -0.05) is 23.4 Å². The van der Waals surface area contributed by atoms with Gasteiger partial charge < -0.3 is 14.1 Å². The van der Waals surface area contributed by atoms with Crippen LogP contribution in [0.25, 0.3) is 10.9 Å². The number of benzene rings is 1. The standard InChI is InChI=1S/C18H19N5O/c1-12-14(13-5-3-4-6-15(13)20-12)11-16-21-18(24-22-16)8-7-17-19-9-10-23(17)2/h3-6,9-10,20H,7-8,11H2,1-2H3. The number of H-pyrrole nitrogens is 1. The van der Waals surface area contributed by atoms with Gasteiger partial charge in [-0.3, -0.25) is 0 Å². The third-order valence-electron chi connectivity index (χ3n) is 4.36. The molecule has 0 saturated carbocycles. The first-order valence-corrected chi connectivity index (χ1v) is 8.04. The molecule has 0 bridgehead atoms. The van der Waals surface area contributed by atoms with Crippen molar-refractivity contribution in [3.05, 3.63) is 65.5 Å². The zero-order valence-electron chi connectivity index (χ0n) is 13.8. The van der Waals surface area contributed by atoms with Crippen LogP contribution < -0.4 is 0 Å². The molecule has 122 valence electrons. The van der Waals surface area contributed by atoms with Crippen molar-refractivity contribution in [1.29, 1.82) is 0 Å². The Kier molecular flexibility index (Phi) is 3.65. The second-order valence-corrected chi connectivity index (χ2v) is 6.01. The number of hydrogen-bond acceptors (Lipinski definition) is 4. The van der Waals surface area contributed by atoms with Gasteiger partial charge in [0, 0.05) is 55.3 Å². The van der Waals surface area contributed by atoms with E-state index in [-0.39, 0.29) is 0 Å². The number of nitrogens with one attached hydrogen (secondary N) is 1. The molecule has 0 amide bonds. The van der Waals surface area contributed by atoms with Gasteiger partial charge in [0.2, 0.25) is 5.89 Å². The van der Waals surface area contributed by atoms with E-state index in [1.807, 2.05) is 29.9 Å². The summed E-state index contributed by atoms with van der Waals surface area (Å²) in [7, 11) is 1.99. The molecule has 0 saturated heterocycles. The third kappa shape index (κ3) is 2.71. The minimum atomic E-state index is 0.658. The van der Waals surface area contributed by atoms with Gasteiger partial charge in [-0.2, -0.15) is 4.98 Å². The summed E-state index contributed by atoms with van der Waals surface area (Å²) < 4.78 is 7.40. The zero-order valence-corrected chi connectivity index (χ0v) is 13.8. The number of nitrogens with zero attached hydrogens (tertiary/aromatic N) is 4. The van der Waals surface area contributed by atoms with Crippen molar-refractivity contribution in [3.8, 4) is 0 Å². The van der Waals surface area contributed by atoms with Crippen LogP contribution in [-0.4, -0.2) is 24.7 Å². The summed E-state index contributed by atoms with van der Waals surface area (Å²) in [6.45, 7) is 2.08. The SMILES string of the molecule is Cc1[nH]c2ccccc2c1Cc1noc(CCc2nccn2C)n1. The summed E-state index contributed by atoms with van der Waals surface area (Å²) in [5, 5.41) is 5.35. The molecule has 6 nitrogen and oxygen atoms in total. The van der Waals surface area contributed by atoms with E-state index < -0.39 is 0 Å². The van der Waals surface area contributed by atoms with Crippen molar-refractivity contribution >= 4 is 10.9 Å². The lowest BCUT2D eigenvalue weighted by atomic mass is 10.1. The molecule has 4 aromatic rings. The Morgan fingerprint density at radius 2 is 2.08 bits per heavy atom. The molecular formula is C18H19N5O. The summed E-state index contributed by atoms with van der Waals surface area (Å²) in [5.74, 6) is 2.39. The van der Waals surface area contributed by atoms with Crippen LogP contribution in [0.3, 0.4) is 0 Å². The molecule has 0 aliphatic rings. The Morgan fingerprint density at radius 3 is 2.92 bits per heavy atom. The van der Waals surface area contributed by atoms with Gasteiger partial charge in [0.1, 0.15) is 5.82 Å². The molecule has 0 unspecified atom stereocenters. The second kappa shape index (κ2) is 5.96. The fourth-order valence-electron chi connectivity index (χ4n) is 3.04. The molecule has 0 aliphatic carbocycles. The lowest BCUT2D eigenvalue weighted by Gasteiger charge is -1.98. The van der Waals surface area contributed by atoms with Crippen molar-refractivity contribution in [2.45, 2.75) is 26.2 Å². The Morgan fingerprint density at radius 1 is 1.21 bits per heavy atom. The van der Waals surface area contributed by atoms with E-state index in [4.69, 9.17) is 4.52 Å². The van der Waals surface area contributed by atoms with Gasteiger partial charge in [-0.15, -0.1) is 0 Å². The average Bonchev–Trinajstić information content (AvgIpc) is 3.27. The van der Waals surface area contributed by atoms with E-state index in [1.165, 1.54) is 10.9 Å². The summed E-state index contributed by atoms with van der Waals surface area (Å²) >= 11 is 0. The van der Waals surface area contributed by atoms with Gasteiger partial charge in [0.15, 0.2) is 5.82 Å². The van der Waals surface area contributed by atoms with Crippen LogP contribution >= 0.6 is 0 Å². The van der Waals surface area contributed by atoms with Crippen LogP contribution in [0, 0.1) is 6.92 Å². The maximum Gasteiger partial charge on any atom is 0.227 e. The number of aryl methyl sites for hydroxylation is 4. The smallest absolute Gasteiger partial charge is 0.227 e. The summed E-state index contributed by atoms with van der Waals surface area (Å²) in [6, 6.07) is 8.29.